The van der Waals surface area contributed by atoms with Gasteiger partial charge in [-0.15, -0.1) is 0 Å². The van der Waals surface area contributed by atoms with Crippen molar-refractivity contribution in [1.82, 2.24) is 4.74 Å². The molecule has 0 N–H and O–H groups in total. The van der Waals surface area contributed by atoms with Crippen molar-refractivity contribution in [2.45, 2.75) is 0 Å². The van der Waals surface area contributed by atoms with E-state index in [1.54, 1.807) is 6.20 Å². The lowest BCUT2D eigenvalue weighted by Gasteiger charge is -1.81. The summed E-state index contributed by atoms with van der Waals surface area (Å²) in [4.78, 5) is 9.94. The van der Waals surface area contributed by atoms with E-state index in [-0.39, 0.29) is 5.63 Å². The highest BCUT2D eigenvalue weighted by atomic mass is 16.6. The van der Waals surface area contributed by atoms with Gasteiger partial charge >= 0.3 is 5.63 Å². The predicted molar refractivity (Wildman–Crippen MR) is 17.9 cm³/mol. The van der Waals surface area contributed by atoms with Gasteiger partial charge in [-0.3, -0.25) is 0 Å². The third-order valence-corrected chi connectivity index (χ3v) is 0.800. The van der Waals surface area contributed by atoms with Crippen LogP contribution in [0.25, 0.3) is 5.69 Å². The molecule has 3 nitrogen and oxygen atoms in total. The largest absolute Gasteiger partial charge is 0.384 e. The lowest BCUT2D eigenvalue weighted by Crippen LogP contribution is -2.05. The zero-order chi connectivity index (χ0) is 4.15. The average Bonchev–Trinajstić information content (AvgIpc) is 2.12. The minimum atomic E-state index is -0.199. The minimum Gasteiger partial charge on any atom is -0.329 e. The Bertz CT molecular complexity index is 231. The molecule has 0 radical (unpaired) electrons. The van der Waals surface area contributed by atoms with Gasteiger partial charge in [-0.2, -0.15) is 4.74 Å². The van der Waals surface area contributed by atoms with Crippen LogP contribution in [0.3, 0.4) is 0 Å². The molecule has 0 spiro atoms. The van der Waals surface area contributed by atoms with Crippen LogP contribution in [0.15, 0.2) is 15.5 Å². The fraction of sp³-hybridized carbons (Fsp3) is 0. The molecular weight excluding hydrogens is 82.0 g/mol. The van der Waals surface area contributed by atoms with E-state index in [1.807, 2.05) is 0 Å². The monoisotopic (exact) mass is 83.0 g/mol. The standard InChI is InChI=1S/C3HNO2/c5-3-2-1-4(2)6-3/h1H. The third-order valence-electron chi connectivity index (χ3n) is 0.800. The molecule has 0 aliphatic carbocycles. The van der Waals surface area contributed by atoms with E-state index in [0.717, 1.165) is 0 Å². The highest BCUT2D eigenvalue weighted by molar-refractivity contribution is 5.35. The van der Waals surface area contributed by atoms with Crippen LogP contribution >= 0.6 is 0 Å². The van der Waals surface area contributed by atoms with Crippen LogP contribution in [0.5, 0.6) is 0 Å². The summed E-state index contributed by atoms with van der Waals surface area (Å²) in [5.74, 6) is 0. The van der Waals surface area contributed by atoms with Crippen molar-refractivity contribution in [3.05, 3.63) is 16.6 Å². The molecule has 0 saturated carbocycles. The van der Waals surface area contributed by atoms with Gasteiger partial charge < -0.3 is 4.52 Å². The lowest BCUT2D eigenvalue weighted by molar-refractivity contribution is 0.294. The summed E-state index contributed by atoms with van der Waals surface area (Å²) >= 11 is 0. The average molecular weight is 83.0 g/mol. The van der Waals surface area contributed by atoms with Crippen LogP contribution < -0.4 is 5.63 Å². The first-order valence-electron chi connectivity index (χ1n) is 1.61. The molecule has 3 heteroatoms. The number of fused-ring (bicyclic) bond motifs is 1. The number of aromatic nitrogens is 1. The van der Waals surface area contributed by atoms with Crippen LogP contribution in [-0.2, 0) is 0 Å². The Kier molecular flexibility index (Phi) is 0.135. The van der Waals surface area contributed by atoms with Crippen LogP contribution in [-0.4, -0.2) is 4.74 Å². The van der Waals surface area contributed by atoms with Gasteiger partial charge in [0.1, 0.15) is 0 Å². The Hall–Kier alpha value is -0.990. The van der Waals surface area contributed by atoms with Gasteiger partial charge in [-0.05, 0) is 0 Å². The molecule has 30 valence electrons. The van der Waals surface area contributed by atoms with Crippen molar-refractivity contribution in [1.29, 1.82) is 0 Å². The van der Waals surface area contributed by atoms with Gasteiger partial charge in [0.2, 0.25) is 0 Å². The SMILES string of the molecule is O=c1on2cc1-2. The van der Waals surface area contributed by atoms with Crippen molar-refractivity contribution in [3.8, 4) is 5.69 Å². The summed E-state index contributed by atoms with van der Waals surface area (Å²) in [7, 11) is 0. The second kappa shape index (κ2) is 0.363. The summed E-state index contributed by atoms with van der Waals surface area (Å²) in [6.45, 7) is 0. The van der Waals surface area contributed by atoms with E-state index in [0.29, 0.717) is 5.69 Å². The first kappa shape index (κ1) is 2.23. The molecule has 6 heavy (non-hydrogen) atoms. The summed E-state index contributed by atoms with van der Waals surface area (Å²) in [5.41, 5.74) is 0.505. The molecule has 0 aromatic rings. The topological polar surface area (TPSA) is 35.1 Å². The summed E-state index contributed by atoms with van der Waals surface area (Å²) in [5, 5.41) is 0. The Balaban J connectivity index is 3.16. The molecule has 0 amide bonds. The van der Waals surface area contributed by atoms with E-state index in [9.17, 15) is 4.79 Å². The van der Waals surface area contributed by atoms with Gasteiger partial charge in [0.15, 0.2) is 5.69 Å². The number of nitrogens with zero attached hydrogens (tertiary/aromatic N) is 1. The summed E-state index contributed by atoms with van der Waals surface area (Å²) in [6.07, 6.45) is 1.64. The number of hydrogen-bond acceptors (Lipinski definition) is 2. The van der Waals surface area contributed by atoms with Crippen molar-refractivity contribution < 1.29 is 4.52 Å². The smallest absolute Gasteiger partial charge is 0.329 e. The normalized spacial score (nSPS) is 12.0. The third kappa shape index (κ3) is 0.0718. The second-order valence-corrected chi connectivity index (χ2v) is 1.22. The predicted octanol–water partition coefficient (Wildman–Crippen LogP) is -0.256. The summed E-state index contributed by atoms with van der Waals surface area (Å²) in [6, 6.07) is 0. The van der Waals surface area contributed by atoms with E-state index < -0.39 is 0 Å². The first-order valence-corrected chi connectivity index (χ1v) is 1.61. The maximum Gasteiger partial charge on any atom is 0.384 e. The maximum atomic E-state index is 9.94. The maximum absolute atomic E-state index is 9.94. The van der Waals surface area contributed by atoms with Crippen LogP contribution in [0.4, 0.5) is 0 Å². The Morgan fingerprint density at radius 3 is 2.67 bits per heavy atom. The zero-order valence-corrected chi connectivity index (χ0v) is 2.84. The van der Waals surface area contributed by atoms with Crippen LogP contribution in [0, 0.1) is 0 Å². The molecule has 0 aromatic heterocycles. The molecule has 2 aliphatic heterocycles. The fourth-order valence-electron chi connectivity index (χ4n) is 0.397. The fourth-order valence-corrected chi connectivity index (χ4v) is 0.397. The van der Waals surface area contributed by atoms with Gasteiger partial charge in [0, 0.05) is 0 Å². The quantitative estimate of drug-likeness (QED) is 0.440. The van der Waals surface area contributed by atoms with Gasteiger partial charge in [0.25, 0.3) is 0 Å². The number of hydrogen-bond donors (Lipinski definition) is 0. The highest BCUT2D eigenvalue weighted by Crippen LogP contribution is 2.13. The van der Waals surface area contributed by atoms with Gasteiger partial charge in [-0.25, -0.2) is 4.79 Å². The van der Waals surface area contributed by atoms with E-state index in [1.165, 1.54) is 4.74 Å². The molecule has 0 unspecified atom stereocenters. The Morgan fingerprint density at radius 1 is 1.83 bits per heavy atom. The van der Waals surface area contributed by atoms with Gasteiger partial charge in [-0.1, -0.05) is 0 Å². The molecule has 0 saturated heterocycles. The van der Waals surface area contributed by atoms with E-state index >= 15 is 0 Å². The molecule has 2 heterocycles. The van der Waals surface area contributed by atoms with Gasteiger partial charge in [0.05, 0.1) is 6.20 Å². The van der Waals surface area contributed by atoms with Crippen molar-refractivity contribution in [2.75, 3.05) is 0 Å². The van der Waals surface area contributed by atoms with Crippen molar-refractivity contribution in [3.63, 3.8) is 0 Å². The second-order valence-electron chi connectivity index (χ2n) is 1.22. The minimum absolute atomic E-state index is 0.199. The molecule has 2 aliphatic rings. The molecular formula is C3HNO2. The van der Waals surface area contributed by atoms with Crippen LogP contribution in [0.2, 0.25) is 0 Å². The van der Waals surface area contributed by atoms with Crippen molar-refractivity contribution in [2.24, 2.45) is 0 Å². The Morgan fingerprint density at radius 2 is 2.67 bits per heavy atom. The number of rotatable bonds is 0. The highest BCUT2D eigenvalue weighted by Gasteiger charge is 2.22. The Labute approximate surface area is 32.8 Å². The lowest BCUT2D eigenvalue weighted by atomic mass is 10.7. The molecule has 0 atom stereocenters. The molecule has 0 fully saturated rings. The van der Waals surface area contributed by atoms with Crippen LogP contribution in [0.1, 0.15) is 0 Å². The van der Waals surface area contributed by atoms with Crippen molar-refractivity contribution >= 4 is 0 Å². The zero-order valence-electron chi connectivity index (χ0n) is 2.84. The molecule has 0 bridgehead atoms. The molecule has 0 aromatic carbocycles. The first-order chi connectivity index (χ1) is 2.88. The van der Waals surface area contributed by atoms with E-state index in [4.69, 9.17) is 0 Å². The molecule has 2 rings (SSSR count). The summed E-state index contributed by atoms with van der Waals surface area (Å²) < 4.78 is 5.75. The van der Waals surface area contributed by atoms with E-state index in [2.05, 4.69) is 4.52 Å².